The van der Waals surface area contributed by atoms with Crippen molar-refractivity contribution in [2.24, 2.45) is 17.8 Å². The number of ketones is 1. The molecule has 0 unspecified atom stereocenters. The summed E-state index contributed by atoms with van der Waals surface area (Å²) in [6, 6.07) is 0. The van der Waals surface area contributed by atoms with E-state index in [0.29, 0.717) is 5.78 Å². The average molecular weight is 240 g/mol. The van der Waals surface area contributed by atoms with E-state index in [1.54, 1.807) is 6.92 Å². The molecule has 0 amide bonds. The largest absolute Gasteiger partial charge is 0.300 e. The summed E-state index contributed by atoms with van der Waals surface area (Å²) in [4.78, 5) is 10.8. The van der Waals surface area contributed by atoms with E-state index in [4.69, 9.17) is 0 Å². The molecule has 0 aromatic heterocycles. The Labute approximate surface area is 108 Å². The maximum absolute atomic E-state index is 10.8. The molecule has 1 nitrogen and oxygen atoms in total. The maximum Gasteiger partial charge on any atom is 0.129 e. The third kappa shape index (κ3) is 7.57. The first kappa shape index (κ1) is 16.7. The van der Waals surface area contributed by atoms with Crippen LogP contribution in [0.1, 0.15) is 79.6 Å². The summed E-state index contributed by atoms with van der Waals surface area (Å²) in [6.07, 6.45) is 8.84. The highest BCUT2D eigenvalue weighted by Gasteiger charge is 2.22. The summed E-state index contributed by atoms with van der Waals surface area (Å²) >= 11 is 0. The smallest absolute Gasteiger partial charge is 0.129 e. The van der Waals surface area contributed by atoms with Gasteiger partial charge in [0.05, 0.1) is 0 Å². The fourth-order valence-corrected chi connectivity index (χ4v) is 2.78. The van der Waals surface area contributed by atoms with Crippen molar-refractivity contribution in [2.45, 2.75) is 79.6 Å². The van der Waals surface area contributed by atoms with E-state index in [1.807, 2.05) is 13.8 Å². The van der Waals surface area contributed by atoms with E-state index in [-0.39, 0.29) is 0 Å². The average Bonchev–Trinajstić information content (AvgIpc) is 2.32. The molecule has 1 rings (SSSR count). The SMILES string of the molecule is CC.CC(=O)CCCC1CCC(C(C)C)CC1. The van der Waals surface area contributed by atoms with Crippen LogP contribution in [0.4, 0.5) is 0 Å². The van der Waals surface area contributed by atoms with Crippen molar-refractivity contribution in [3.63, 3.8) is 0 Å². The van der Waals surface area contributed by atoms with Crippen LogP contribution in [0.3, 0.4) is 0 Å². The monoisotopic (exact) mass is 240 g/mol. The van der Waals surface area contributed by atoms with Gasteiger partial charge in [0, 0.05) is 6.42 Å². The van der Waals surface area contributed by atoms with Crippen molar-refractivity contribution < 1.29 is 4.79 Å². The molecule has 17 heavy (non-hydrogen) atoms. The molecule has 0 saturated heterocycles. The van der Waals surface area contributed by atoms with Gasteiger partial charge in [0.25, 0.3) is 0 Å². The molecule has 0 aromatic rings. The molecule has 0 radical (unpaired) electrons. The number of carbonyl (C=O) groups excluding carboxylic acids is 1. The summed E-state index contributed by atoms with van der Waals surface area (Å²) in [7, 11) is 0. The van der Waals surface area contributed by atoms with Crippen molar-refractivity contribution in [1.82, 2.24) is 0 Å². The Morgan fingerprint density at radius 2 is 1.65 bits per heavy atom. The Bertz CT molecular complexity index is 188. The van der Waals surface area contributed by atoms with Gasteiger partial charge >= 0.3 is 0 Å². The number of carbonyl (C=O) groups is 1. The number of Topliss-reactive ketones (excluding diaryl/α,β-unsaturated/α-hetero) is 1. The van der Waals surface area contributed by atoms with Crippen LogP contribution >= 0.6 is 0 Å². The van der Waals surface area contributed by atoms with Crippen LogP contribution in [-0.2, 0) is 4.79 Å². The lowest BCUT2D eigenvalue weighted by Gasteiger charge is -2.30. The van der Waals surface area contributed by atoms with Crippen LogP contribution in [0.15, 0.2) is 0 Å². The molecule has 1 fully saturated rings. The number of rotatable bonds is 5. The lowest BCUT2D eigenvalue weighted by Crippen LogP contribution is -2.18. The van der Waals surface area contributed by atoms with Crippen LogP contribution in [0.2, 0.25) is 0 Å². The molecule has 0 heterocycles. The minimum Gasteiger partial charge on any atom is -0.300 e. The Hall–Kier alpha value is -0.330. The van der Waals surface area contributed by atoms with Gasteiger partial charge in [-0.1, -0.05) is 47.0 Å². The molecule has 0 bridgehead atoms. The fraction of sp³-hybridized carbons (Fsp3) is 0.938. The molecule has 102 valence electrons. The third-order valence-corrected chi connectivity index (χ3v) is 3.98. The van der Waals surface area contributed by atoms with Crippen molar-refractivity contribution in [1.29, 1.82) is 0 Å². The number of hydrogen-bond acceptors (Lipinski definition) is 1. The van der Waals surface area contributed by atoms with Gasteiger partial charge in [-0.15, -0.1) is 0 Å². The molecule has 0 N–H and O–H groups in total. The first-order chi connectivity index (χ1) is 8.09. The predicted octanol–water partition coefficient (Wildman–Crippen LogP) is 5.23. The van der Waals surface area contributed by atoms with Gasteiger partial charge in [-0.3, -0.25) is 0 Å². The Balaban J connectivity index is 0.00000121. The Kier molecular flexibility index (Phi) is 9.49. The second-order valence-electron chi connectivity index (χ2n) is 5.62. The van der Waals surface area contributed by atoms with Crippen LogP contribution in [0.5, 0.6) is 0 Å². The molecule has 0 atom stereocenters. The molecule has 0 spiro atoms. The highest BCUT2D eigenvalue weighted by Crippen LogP contribution is 2.35. The van der Waals surface area contributed by atoms with Gasteiger partial charge in [-0.25, -0.2) is 0 Å². The van der Waals surface area contributed by atoms with Gasteiger partial charge in [0.2, 0.25) is 0 Å². The quantitative estimate of drug-likeness (QED) is 0.642. The van der Waals surface area contributed by atoms with E-state index in [9.17, 15) is 4.79 Å². The molecular formula is C16H32O. The highest BCUT2D eigenvalue weighted by molar-refractivity contribution is 5.75. The minimum atomic E-state index is 0.353. The van der Waals surface area contributed by atoms with Gasteiger partial charge in [0.1, 0.15) is 5.78 Å². The van der Waals surface area contributed by atoms with E-state index < -0.39 is 0 Å². The highest BCUT2D eigenvalue weighted by atomic mass is 16.1. The molecule has 1 aliphatic rings. The summed E-state index contributed by atoms with van der Waals surface area (Å²) in [5.74, 6) is 3.10. The normalized spacial score (nSPS) is 24.1. The van der Waals surface area contributed by atoms with E-state index in [2.05, 4.69) is 13.8 Å². The summed E-state index contributed by atoms with van der Waals surface area (Å²) < 4.78 is 0. The fourth-order valence-electron chi connectivity index (χ4n) is 2.78. The standard InChI is InChI=1S/C14H26O.C2H6/c1-11(2)14-9-7-13(8-10-14)6-4-5-12(3)15;1-2/h11,13-14H,4-10H2,1-3H3;1-2H3. The molecule has 0 aliphatic heterocycles. The van der Waals surface area contributed by atoms with Crippen LogP contribution in [0.25, 0.3) is 0 Å². The van der Waals surface area contributed by atoms with Crippen LogP contribution < -0.4 is 0 Å². The summed E-state index contributed by atoms with van der Waals surface area (Å²) in [5.41, 5.74) is 0. The van der Waals surface area contributed by atoms with Crippen molar-refractivity contribution in [3.05, 3.63) is 0 Å². The van der Waals surface area contributed by atoms with Crippen LogP contribution in [-0.4, -0.2) is 5.78 Å². The van der Waals surface area contributed by atoms with Crippen molar-refractivity contribution in [2.75, 3.05) is 0 Å². The molecule has 1 heteroatoms. The molecule has 1 aliphatic carbocycles. The topological polar surface area (TPSA) is 17.1 Å². The summed E-state index contributed by atoms with van der Waals surface area (Å²) in [6.45, 7) is 10.4. The Morgan fingerprint density at radius 1 is 1.12 bits per heavy atom. The van der Waals surface area contributed by atoms with Gasteiger partial charge in [-0.2, -0.15) is 0 Å². The molecule has 0 aromatic carbocycles. The molecular weight excluding hydrogens is 208 g/mol. The molecule has 1 saturated carbocycles. The predicted molar refractivity (Wildman–Crippen MR) is 76.2 cm³/mol. The zero-order valence-corrected chi connectivity index (χ0v) is 12.6. The maximum atomic E-state index is 10.8. The van der Waals surface area contributed by atoms with E-state index in [1.165, 1.54) is 32.1 Å². The van der Waals surface area contributed by atoms with Gasteiger partial charge in [0.15, 0.2) is 0 Å². The lowest BCUT2D eigenvalue weighted by molar-refractivity contribution is -0.117. The first-order valence-electron chi connectivity index (χ1n) is 7.59. The summed E-state index contributed by atoms with van der Waals surface area (Å²) in [5, 5.41) is 0. The Morgan fingerprint density at radius 3 is 2.06 bits per heavy atom. The second-order valence-corrected chi connectivity index (χ2v) is 5.62. The van der Waals surface area contributed by atoms with Crippen molar-refractivity contribution in [3.8, 4) is 0 Å². The van der Waals surface area contributed by atoms with Gasteiger partial charge < -0.3 is 4.79 Å². The zero-order chi connectivity index (χ0) is 13.3. The number of hydrogen-bond donors (Lipinski definition) is 0. The third-order valence-electron chi connectivity index (χ3n) is 3.98. The minimum absolute atomic E-state index is 0.353. The van der Waals surface area contributed by atoms with E-state index in [0.717, 1.165) is 30.6 Å². The zero-order valence-electron chi connectivity index (χ0n) is 12.6. The van der Waals surface area contributed by atoms with Crippen molar-refractivity contribution >= 4 is 5.78 Å². The van der Waals surface area contributed by atoms with Gasteiger partial charge in [-0.05, 0) is 43.9 Å². The lowest BCUT2D eigenvalue weighted by atomic mass is 9.75. The first-order valence-corrected chi connectivity index (χ1v) is 7.59. The second kappa shape index (κ2) is 9.67. The van der Waals surface area contributed by atoms with E-state index >= 15 is 0 Å². The van der Waals surface area contributed by atoms with Crippen LogP contribution in [0, 0.1) is 17.8 Å².